The number of fused-ring (bicyclic) bond motifs is 2. The van der Waals surface area contributed by atoms with Gasteiger partial charge in [0.2, 0.25) is 16.0 Å². The molecular weight excluding hydrogens is 435 g/mol. The van der Waals surface area contributed by atoms with Gasteiger partial charge in [-0.1, -0.05) is 37.0 Å². The molecule has 29 heavy (non-hydrogen) atoms. The summed E-state index contributed by atoms with van der Waals surface area (Å²) >= 11 is 12.0. The number of piperazine rings is 1. The molecule has 4 rings (SSSR count). The minimum absolute atomic E-state index is 0.0887. The van der Waals surface area contributed by atoms with Crippen molar-refractivity contribution in [1.29, 1.82) is 0 Å². The van der Waals surface area contributed by atoms with Crippen molar-refractivity contribution in [2.24, 2.45) is 16.7 Å². The Hall–Kier alpha value is -0.960. The molecule has 2 heterocycles. The zero-order valence-corrected chi connectivity index (χ0v) is 19.2. The third-order valence-electron chi connectivity index (χ3n) is 7.46. The van der Waals surface area contributed by atoms with Crippen molar-refractivity contribution < 1.29 is 13.2 Å². The molecular formula is C19H26Cl2N4O3S. The number of rotatable bonds is 4. The normalized spacial score (nSPS) is 32.2. The molecule has 1 aliphatic heterocycles. The van der Waals surface area contributed by atoms with E-state index in [4.69, 9.17) is 23.2 Å². The molecule has 2 bridgehead atoms. The van der Waals surface area contributed by atoms with Gasteiger partial charge in [0.15, 0.2) is 0 Å². The van der Waals surface area contributed by atoms with Gasteiger partial charge >= 0.3 is 0 Å². The summed E-state index contributed by atoms with van der Waals surface area (Å²) in [5.74, 6) is 0.729. The standard InChI is InChI=1S/C19H26Cl2N4O3S/c1-12-10-24(6-7-25(12)17-22-15(20)9-16(21)23-17)29(27,28)11-19-5-4-13(8-14(19)26)18(19,2)3/h9,12-13H,4-8,10-11H2,1-3H3/t12-,13+,19+/m0/s1. The van der Waals surface area contributed by atoms with Crippen molar-refractivity contribution in [3.05, 3.63) is 16.4 Å². The van der Waals surface area contributed by atoms with Gasteiger partial charge in [0, 0.05) is 43.6 Å². The number of ketones is 1. The van der Waals surface area contributed by atoms with E-state index in [-0.39, 0.29) is 33.3 Å². The molecule has 7 nitrogen and oxygen atoms in total. The van der Waals surface area contributed by atoms with Crippen LogP contribution >= 0.6 is 23.2 Å². The summed E-state index contributed by atoms with van der Waals surface area (Å²) in [6.07, 6.45) is 2.12. The van der Waals surface area contributed by atoms with Crippen LogP contribution in [0.15, 0.2) is 6.07 Å². The number of carbonyl (C=O) groups is 1. The average molecular weight is 461 g/mol. The first kappa shape index (κ1) is 21.3. The maximum atomic E-state index is 13.3. The summed E-state index contributed by atoms with van der Waals surface area (Å²) in [6, 6.07) is 1.32. The highest BCUT2D eigenvalue weighted by Crippen LogP contribution is 2.64. The van der Waals surface area contributed by atoms with Crippen LogP contribution in [0.2, 0.25) is 10.3 Å². The Morgan fingerprint density at radius 1 is 1.21 bits per heavy atom. The van der Waals surface area contributed by atoms with E-state index in [9.17, 15) is 13.2 Å². The molecule has 2 aliphatic carbocycles. The number of Topliss-reactive ketones (excluding diaryl/α,β-unsaturated/α-hetero) is 1. The molecule has 1 aromatic rings. The molecule has 1 aromatic heterocycles. The first-order chi connectivity index (χ1) is 13.5. The van der Waals surface area contributed by atoms with Crippen molar-refractivity contribution in [2.45, 2.75) is 46.1 Å². The Labute approximate surface area is 181 Å². The summed E-state index contributed by atoms with van der Waals surface area (Å²) in [7, 11) is -3.58. The van der Waals surface area contributed by atoms with Crippen LogP contribution in [0.5, 0.6) is 0 Å². The number of sulfonamides is 1. The number of hydrogen-bond donors (Lipinski definition) is 0. The number of carbonyl (C=O) groups excluding carboxylic acids is 1. The summed E-state index contributed by atoms with van der Waals surface area (Å²) in [5, 5.41) is 0.498. The van der Waals surface area contributed by atoms with E-state index in [0.717, 1.165) is 6.42 Å². The van der Waals surface area contributed by atoms with Crippen LogP contribution in [0.1, 0.15) is 40.0 Å². The third kappa shape index (κ3) is 3.36. The second kappa shape index (κ2) is 7.04. The molecule has 0 amide bonds. The van der Waals surface area contributed by atoms with E-state index in [1.807, 2.05) is 11.8 Å². The highest BCUT2D eigenvalue weighted by atomic mass is 35.5. The number of nitrogens with zero attached hydrogens (tertiary/aromatic N) is 4. The van der Waals surface area contributed by atoms with Gasteiger partial charge in [-0.2, -0.15) is 4.31 Å². The second-order valence-corrected chi connectivity index (χ2v) is 11.9. The Kier molecular flexibility index (Phi) is 5.16. The SMILES string of the molecule is C[C@H]1CN(S(=O)(=O)C[C@]23CC[C@H](CC2=O)C3(C)C)CCN1c1nc(Cl)cc(Cl)n1. The van der Waals surface area contributed by atoms with Crippen molar-refractivity contribution >= 4 is 45.0 Å². The minimum atomic E-state index is -3.58. The summed E-state index contributed by atoms with van der Waals surface area (Å²) in [5.41, 5.74) is -1.02. The lowest BCUT2D eigenvalue weighted by molar-refractivity contribution is -0.128. The Balaban J connectivity index is 1.52. The molecule has 3 fully saturated rings. The molecule has 0 aromatic carbocycles. The predicted octanol–water partition coefficient (Wildman–Crippen LogP) is 3.02. The number of halogens is 2. The summed E-state index contributed by atoms with van der Waals surface area (Å²) < 4.78 is 28.2. The van der Waals surface area contributed by atoms with Crippen LogP contribution in [0.3, 0.4) is 0 Å². The zero-order chi connectivity index (χ0) is 21.2. The van der Waals surface area contributed by atoms with Gasteiger partial charge in [-0.3, -0.25) is 4.79 Å². The highest BCUT2D eigenvalue weighted by Gasteiger charge is 2.65. The number of aromatic nitrogens is 2. The van der Waals surface area contributed by atoms with E-state index < -0.39 is 15.4 Å². The number of hydrogen-bond acceptors (Lipinski definition) is 6. The fourth-order valence-electron chi connectivity index (χ4n) is 5.49. The average Bonchev–Trinajstić information content (AvgIpc) is 2.94. The second-order valence-electron chi connectivity index (χ2n) is 9.14. The third-order valence-corrected chi connectivity index (χ3v) is 9.82. The zero-order valence-electron chi connectivity index (χ0n) is 16.9. The van der Waals surface area contributed by atoms with Crippen molar-refractivity contribution in [1.82, 2.24) is 14.3 Å². The topological polar surface area (TPSA) is 83.5 Å². The Morgan fingerprint density at radius 2 is 1.86 bits per heavy atom. The molecule has 2 saturated carbocycles. The Bertz CT molecular complexity index is 935. The maximum Gasteiger partial charge on any atom is 0.228 e. The van der Waals surface area contributed by atoms with Gasteiger partial charge in [0.1, 0.15) is 16.1 Å². The lowest BCUT2D eigenvalue weighted by Crippen LogP contribution is -2.56. The van der Waals surface area contributed by atoms with Gasteiger partial charge in [0.05, 0.1) is 5.75 Å². The monoisotopic (exact) mass is 460 g/mol. The molecule has 3 atom stereocenters. The van der Waals surface area contributed by atoms with Crippen LogP contribution in [-0.2, 0) is 14.8 Å². The van der Waals surface area contributed by atoms with Gasteiger partial charge in [-0.05, 0) is 31.1 Å². The van der Waals surface area contributed by atoms with E-state index >= 15 is 0 Å². The fraction of sp³-hybridized carbons (Fsp3) is 0.737. The first-order valence-corrected chi connectivity index (χ1v) is 12.3. The summed E-state index contributed by atoms with van der Waals surface area (Å²) in [6.45, 7) is 7.11. The van der Waals surface area contributed by atoms with Crippen LogP contribution < -0.4 is 4.90 Å². The molecule has 0 spiro atoms. The van der Waals surface area contributed by atoms with Gasteiger partial charge in [-0.25, -0.2) is 18.4 Å². The molecule has 160 valence electrons. The Morgan fingerprint density at radius 3 is 2.38 bits per heavy atom. The summed E-state index contributed by atoms with van der Waals surface area (Å²) in [4.78, 5) is 23.1. The first-order valence-electron chi connectivity index (χ1n) is 9.94. The predicted molar refractivity (Wildman–Crippen MR) is 113 cm³/mol. The van der Waals surface area contributed by atoms with Gasteiger partial charge in [0.25, 0.3) is 0 Å². The van der Waals surface area contributed by atoms with Crippen molar-refractivity contribution in [3.8, 4) is 0 Å². The molecule has 0 N–H and O–H groups in total. The van der Waals surface area contributed by atoms with Crippen LogP contribution in [0.25, 0.3) is 0 Å². The highest BCUT2D eigenvalue weighted by molar-refractivity contribution is 7.89. The quantitative estimate of drug-likeness (QED) is 0.641. The minimum Gasteiger partial charge on any atom is -0.335 e. The largest absolute Gasteiger partial charge is 0.335 e. The lowest BCUT2D eigenvalue weighted by atomic mass is 9.70. The molecule has 10 heteroatoms. The lowest BCUT2D eigenvalue weighted by Gasteiger charge is -2.42. The molecule has 0 radical (unpaired) electrons. The van der Waals surface area contributed by atoms with Crippen LogP contribution in [0, 0.1) is 16.7 Å². The smallest absolute Gasteiger partial charge is 0.228 e. The van der Waals surface area contributed by atoms with Gasteiger partial charge in [-0.15, -0.1) is 0 Å². The molecule has 0 unspecified atom stereocenters. The van der Waals surface area contributed by atoms with Crippen LogP contribution in [0.4, 0.5) is 5.95 Å². The van der Waals surface area contributed by atoms with E-state index in [2.05, 4.69) is 23.8 Å². The van der Waals surface area contributed by atoms with Gasteiger partial charge < -0.3 is 4.90 Å². The van der Waals surface area contributed by atoms with E-state index in [0.29, 0.717) is 44.3 Å². The number of anilines is 1. The fourth-order valence-corrected chi connectivity index (χ4v) is 8.19. The maximum absolute atomic E-state index is 13.3. The molecule has 3 aliphatic rings. The van der Waals surface area contributed by atoms with Crippen molar-refractivity contribution in [2.75, 3.05) is 30.3 Å². The van der Waals surface area contributed by atoms with E-state index in [1.54, 1.807) is 0 Å². The van der Waals surface area contributed by atoms with Crippen LogP contribution in [-0.4, -0.2) is 59.9 Å². The van der Waals surface area contributed by atoms with E-state index in [1.165, 1.54) is 10.4 Å². The van der Waals surface area contributed by atoms with Crippen molar-refractivity contribution in [3.63, 3.8) is 0 Å². The molecule has 1 saturated heterocycles.